The lowest BCUT2D eigenvalue weighted by Crippen LogP contribution is -2.50. The van der Waals surface area contributed by atoms with Gasteiger partial charge in [-0.25, -0.2) is 14.4 Å². The molecule has 1 unspecified atom stereocenters. The number of nitrogens with one attached hydrogen (secondary N) is 3. The number of methoxy groups -OCH3 is 1. The number of hydrogen-bond donors (Lipinski definition) is 3. The Balaban J connectivity index is 2.07. The molecular formula is C21H27N3O7S. The topological polar surface area (TPSA) is 132 Å². The molecule has 0 radical (unpaired) electrons. The second-order valence-electron chi connectivity index (χ2n) is 6.64. The van der Waals surface area contributed by atoms with E-state index in [9.17, 15) is 19.2 Å². The van der Waals surface area contributed by atoms with E-state index in [1.54, 1.807) is 45.2 Å². The van der Waals surface area contributed by atoms with Crippen molar-refractivity contribution in [1.82, 2.24) is 16.0 Å². The van der Waals surface area contributed by atoms with E-state index in [0.29, 0.717) is 18.0 Å². The minimum absolute atomic E-state index is 0.116. The Labute approximate surface area is 190 Å². The van der Waals surface area contributed by atoms with Crippen molar-refractivity contribution >= 4 is 35.6 Å². The van der Waals surface area contributed by atoms with E-state index in [-0.39, 0.29) is 41.7 Å². The molecular weight excluding hydrogens is 438 g/mol. The largest absolute Gasteiger partial charge is 0.463 e. The SMILES string of the molecule is CCOC(=O)C1=C(COC(=O)c2ccccc2SCC(=O)NCCOC)NC(=O)NC1C. The highest BCUT2D eigenvalue weighted by Gasteiger charge is 2.30. The van der Waals surface area contributed by atoms with Crippen LogP contribution in [0, 0.1) is 0 Å². The fraction of sp³-hybridized carbons (Fsp3) is 0.429. The van der Waals surface area contributed by atoms with Crippen LogP contribution in [0.25, 0.3) is 0 Å². The number of ether oxygens (including phenoxy) is 3. The fourth-order valence-corrected chi connectivity index (χ4v) is 3.73. The summed E-state index contributed by atoms with van der Waals surface area (Å²) < 4.78 is 15.3. The molecule has 11 heteroatoms. The molecule has 1 aliphatic heterocycles. The van der Waals surface area contributed by atoms with Gasteiger partial charge < -0.3 is 30.2 Å². The summed E-state index contributed by atoms with van der Waals surface area (Å²) in [5.41, 5.74) is 0.624. The Morgan fingerprint density at radius 1 is 1.16 bits per heavy atom. The molecule has 1 heterocycles. The van der Waals surface area contributed by atoms with Crippen LogP contribution in [0.3, 0.4) is 0 Å². The Morgan fingerprint density at radius 2 is 1.91 bits per heavy atom. The predicted octanol–water partition coefficient (Wildman–Crippen LogP) is 1.22. The number of carbonyl (C=O) groups is 4. The van der Waals surface area contributed by atoms with Gasteiger partial charge in [0.15, 0.2) is 0 Å². The van der Waals surface area contributed by atoms with E-state index >= 15 is 0 Å². The fourth-order valence-electron chi connectivity index (χ4n) is 2.86. The van der Waals surface area contributed by atoms with Crippen LogP contribution in [-0.4, -0.2) is 69.1 Å². The molecule has 0 fully saturated rings. The number of esters is 2. The molecule has 1 aromatic rings. The first-order valence-electron chi connectivity index (χ1n) is 9.99. The highest BCUT2D eigenvalue weighted by molar-refractivity contribution is 8.00. The quantitative estimate of drug-likeness (QED) is 0.252. The van der Waals surface area contributed by atoms with Crippen molar-refractivity contribution in [2.75, 3.05) is 39.2 Å². The summed E-state index contributed by atoms with van der Waals surface area (Å²) in [5, 5.41) is 7.79. The maximum atomic E-state index is 12.7. The summed E-state index contributed by atoms with van der Waals surface area (Å²) in [6.07, 6.45) is 0. The molecule has 2 rings (SSSR count). The van der Waals surface area contributed by atoms with Crippen molar-refractivity contribution in [1.29, 1.82) is 0 Å². The average molecular weight is 466 g/mol. The van der Waals surface area contributed by atoms with Gasteiger partial charge in [0.1, 0.15) is 6.61 Å². The van der Waals surface area contributed by atoms with Crippen molar-refractivity contribution in [3.05, 3.63) is 41.1 Å². The minimum atomic E-state index is -0.649. The van der Waals surface area contributed by atoms with Crippen LogP contribution in [0.1, 0.15) is 24.2 Å². The highest BCUT2D eigenvalue weighted by Crippen LogP contribution is 2.24. The lowest BCUT2D eigenvalue weighted by Gasteiger charge is -2.26. The smallest absolute Gasteiger partial charge is 0.339 e. The first kappa shape index (κ1) is 25.2. The van der Waals surface area contributed by atoms with Crippen LogP contribution < -0.4 is 16.0 Å². The molecule has 0 saturated heterocycles. The van der Waals surface area contributed by atoms with Gasteiger partial charge >= 0.3 is 18.0 Å². The molecule has 0 saturated carbocycles. The van der Waals surface area contributed by atoms with Gasteiger partial charge in [0.25, 0.3) is 0 Å². The van der Waals surface area contributed by atoms with E-state index in [1.807, 2.05) is 0 Å². The van der Waals surface area contributed by atoms with Gasteiger partial charge in [0.05, 0.1) is 41.8 Å². The Hall–Kier alpha value is -3.05. The zero-order valence-electron chi connectivity index (χ0n) is 18.2. The third-order valence-electron chi connectivity index (χ3n) is 4.31. The first-order chi connectivity index (χ1) is 15.4. The van der Waals surface area contributed by atoms with Crippen LogP contribution in [0.4, 0.5) is 4.79 Å². The Bertz CT molecular complexity index is 888. The molecule has 3 N–H and O–H groups in total. The third kappa shape index (κ3) is 7.27. The number of rotatable bonds is 11. The molecule has 0 spiro atoms. The monoisotopic (exact) mass is 465 g/mol. The van der Waals surface area contributed by atoms with Gasteiger partial charge in [-0.2, -0.15) is 0 Å². The number of thioether (sulfide) groups is 1. The molecule has 174 valence electrons. The Kier molecular flexibility index (Phi) is 10.0. The van der Waals surface area contributed by atoms with Crippen LogP contribution in [0.5, 0.6) is 0 Å². The van der Waals surface area contributed by atoms with E-state index in [1.165, 1.54) is 11.8 Å². The van der Waals surface area contributed by atoms with Gasteiger partial charge in [0, 0.05) is 18.6 Å². The highest BCUT2D eigenvalue weighted by atomic mass is 32.2. The summed E-state index contributed by atoms with van der Waals surface area (Å²) in [7, 11) is 1.55. The molecule has 32 heavy (non-hydrogen) atoms. The van der Waals surface area contributed by atoms with Crippen molar-refractivity contribution in [3.63, 3.8) is 0 Å². The van der Waals surface area contributed by atoms with Crippen LogP contribution in [-0.2, 0) is 23.8 Å². The molecule has 10 nitrogen and oxygen atoms in total. The second-order valence-corrected chi connectivity index (χ2v) is 7.65. The summed E-state index contributed by atoms with van der Waals surface area (Å²) in [4.78, 5) is 49.3. The zero-order chi connectivity index (χ0) is 23.5. The maximum absolute atomic E-state index is 12.7. The molecule has 0 bridgehead atoms. The first-order valence-corrected chi connectivity index (χ1v) is 11.0. The van der Waals surface area contributed by atoms with Crippen molar-refractivity contribution in [2.24, 2.45) is 0 Å². The molecule has 1 aliphatic rings. The van der Waals surface area contributed by atoms with Gasteiger partial charge in [-0.05, 0) is 26.0 Å². The minimum Gasteiger partial charge on any atom is -0.463 e. The van der Waals surface area contributed by atoms with E-state index in [0.717, 1.165) is 0 Å². The molecule has 1 atom stereocenters. The Morgan fingerprint density at radius 3 is 2.62 bits per heavy atom. The standard InChI is InChI=1S/C21H27N3O7S/c1-4-30-20(27)18-13(2)23-21(28)24-15(18)11-31-19(26)14-7-5-6-8-16(14)32-12-17(25)22-9-10-29-3/h5-8,13H,4,9-12H2,1-3H3,(H,22,25)(H2,23,24,28). The number of urea groups is 1. The van der Waals surface area contributed by atoms with Gasteiger partial charge in [-0.3, -0.25) is 4.79 Å². The number of amides is 3. The zero-order valence-corrected chi connectivity index (χ0v) is 19.0. The van der Waals surface area contributed by atoms with Gasteiger partial charge in [0.2, 0.25) is 5.91 Å². The van der Waals surface area contributed by atoms with Crippen LogP contribution in [0.2, 0.25) is 0 Å². The van der Waals surface area contributed by atoms with Crippen molar-refractivity contribution < 1.29 is 33.4 Å². The molecule has 1 aromatic carbocycles. The molecule has 0 aromatic heterocycles. The van der Waals surface area contributed by atoms with Gasteiger partial charge in [-0.15, -0.1) is 11.8 Å². The number of hydrogen-bond acceptors (Lipinski definition) is 8. The van der Waals surface area contributed by atoms with E-state index in [2.05, 4.69) is 16.0 Å². The second kappa shape index (κ2) is 12.7. The van der Waals surface area contributed by atoms with E-state index < -0.39 is 24.0 Å². The lowest BCUT2D eigenvalue weighted by molar-refractivity contribution is -0.139. The van der Waals surface area contributed by atoms with Crippen LogP contribution >= 0.6 is 11.8 Å². The summed E-state index contributed by atoms with van der Waals surface area (Å²) in [6, 6.07) is 5.61. The summed E-state index contributed by atoms with van der Waals surface area (Å²) in [5.74, 6) is -1.32. The third-order valence-corrected chi connectivity index (χ3v) is 5.38. The lowest BCUT2D eigenvalue weighted by atomic mass is 10.0. The summed E-state index contributed by atoms with van der Waals surface area (Å²) >= 11 is 1.20. The van der Waals surface area contributed by atoms with Gasteiger partial charge in [-0.1, -0.05) is 12.1 Å². The van der Waals surface area contributed by atoms with Crippen LogP contribution in [0.15, 0.2) is 40.4 Å². The van der Waals surface area contributed by atoms with Crippen molar-refractivity contribution in [2.45, 2.75) is 24.8 Å². The average Bonchev–Trinajstić information content (AvgIpc) is 2.76. The normalized spacial score (nSPS) is 15.5. The number of benzene rings is 1. The predicted molar refractivity (Wildman–Crippen MR) is 117 cm³/mol. The number of carbonyl (C=O) groups excluding carboxylic acids is 4. The molecule has 0 aliphatic carbocycles. The summed E-state index contributed by atoms with van der Waals surface area (Å²) in [6.45, 7) is 3.96. The van der Waals surface area contributed by atoms with Crippen molar-refractivity contribution in [3.8, 4) is 0 Å². The maximum Gasteiger partial charge on any atom is 0.339 e. The molecule has 3 amide bonds. The van der Waals surface area contributed by atoms with E-state index in [4.69, 9.17) is 14.2 Å².